The predicted octanol–water partition coefficient (Wildman–Crippen LogP) is 1.76. The van der Waals surface area contributed by atoms with Gasteiger partial charge in [-0.3, -0.25) is 4.79 Å². The number of ether oxygens (including phenoxy) is 2. The number of carbonyl (C=O) groups is 2. The molecule has 1 amide bonds. The van der Waals surface area contributed by atoms with Crippen molar-refractivity contribution >= 4 is 23.6 Å². The van der Waals surface area contributed by atoms with E-state index in [1.54, 1.807) is 11.8 Å². The molecule has 1 fully saturated rings. The summed E-state index contributed by atoms with van der Waals surface area (Å²) in [6.45, 7) is 3.66. The zero-order valence-electron chi connectivity index (χ0n) is 22.9. The highest BCUT2D eigenvalue weighted by atomic mass is 32.2. The van der Waals surface area contributed by atoms with E-state index in [0.717, 1.165) is 28.2 Å². The summed E-state index contributed by atoms with van der Waals surface area (Å²) < 4.78 is 11.4. The van der Waals surface area contributed by atoms with E-state index in [-0.39, 0.29) is 13.2 Å². The summed E-state index contributed by atoms with van der Waals surface area (Å²) in [5.41, 5.74) is 3.14. The Balaban J connectivity index is 1.64. The van der Waals surface area contributed by atoms with Gasteiger partial charge in [0, 0.05) is 26.4 Å². The van der Waals surface area contributed by atoms with Crippen LogP contribution in [0.1, 0.15) is 32.3 Å². The van der Waals surface area contributed by atoms with Gasteiger partial charge in [-0.05, 0) is 34.6 Å². The van der Waals surface area contributed by atoms with Crippen LogP contribution in [0.3, 0.4) is 0 Å². The Morgan fingerprint density at radius 2 is 1.80 bits per heavy atom. The van der Waals surface area contributed by atoms with Crippen LogP contribution >= 0.6 is 11.8 Å². The van der Waals surface area contributed by atoms with Crippen molar-refractivity contribution in [1.29, 1.82) is 0 Å². The Hall–Kier alpha value is -2.51. The Kier molecular flexibility index (Phi) is 12.4. The lowest BCUT2D eigenvalue weighted by Gasteiger charge is -2.46. The third-order valence-electron chi connectivity index (χ3n) is 6.72. The van der Waals surface area contributed by atoms with Crippen LogP contribution in [-0.4, -0.2) is 93.2 Å². The van der Waals surface area contributed by atoms with Gasteiger partial charge in [-0.15, -0.1) is 0 Å². The van der Waals surface area contributed by atoms with Crippen LogP contribution in [-0.2, 0) is 25.6 Å². The lowest BCUT2D eigenvalue weighted by atomic mass is 9.88. The Bertz CT molecular complexity index is 1070. The van der Waals surface area contributed by atoms with Crippen molar-refractivity contribution in [3.8, 4) is 11.1 Å². The number of carboxylic acids is 1. The average Bonchev–Trinajstić information content (AvgIpc) is 2.94. The Morgan fingerprint density at radius 3 is 2.42 bits per heavy atom. The fourth-order valence-corrected chi connectivity index (χ4v) is 5.25. The molecule has 1 saturated heterocycles. The highest BCUT2D eigenvalue weighted by Crippen LogP contribution is 2.34. The smallest absolute Gasteiger partial charge is 0.364 e. The van der Waals surface area contributed by atoms with Crippen LogP contribution in [0.5, 0.6) is 0 Å². The van der Waals surface area contributed by atoms with Gasteiger partial charge < -0.3 is 40.5 Å². The molecule has 3 rings (SSSR count). The second-order valence-corrected chi connectivity index (χ2v) is 11.2. The van der Waals surface area contributed by atoms with E-state index < -0.39 is 54.5 Å². The molecule has 10 nitrogen and oxygen atoms in total. The summed E-state index contributed by atoms with van der Waals surface area (Å²) in [4.78, 5) is 24.1. The molecule has 6 N–H and O–H groups in total. The Morgan fingerprint density at radius 1 is 1.12 bits per heavy atom. The summed E-state index contributed by atoms with van der Waals surface area (Å²) in [5, 5.41) is 48.2. The maximum Gasteiger partial charge on any atom is 0.364 e. The van der Waals surface area contributed by atoms with Crippen molar-refractivity contribution in [2.75, 3.05) is 24.7 Å². The van der Waals surface area contributed by atoms with Gasteiger partial charge in [-0.1, -0.05) is 61.5 Å². The molecule has 6 atom stereocenters. The number of hydrogen-bond donors (Lipinski definition) is 6. The van der Waals surface area contributed by atoms with Crippen LogP contribution in [0.25, 0.3) is 11.1 Å². The molecule has 0 radical (unpaired) electrons. The van der Waals surface area contributed by atoms with Crippen LogP contribution in [0.2, 0.25) is 0 Å². The summed E-state index contributed by atoms with van der Waals surface area (Å²) in [7, 11) is 0. The van der Waals surface area contributed by atoms with Gasteiger partial charge >= 0.3 is 5.97 Å². The minimum absolute atomic E-state index is 0.0560. The van der Waals surface area contributed by atoms with E-state index in [0.29, 0.717) is 13.0 Å². The van der Waals surface area contributed by atoms with Gasteiger partial charge in [0.05, 0.1) is 24.9 Å². The van der Waals surface area contributed by atoms with Crippen molar-refractivity contribution in [1.82, 2.24) is 10.6 Å². The number of aliphatic hydroxyl groups excluding tert-OH is 3. The van der Waals surface area contributed by atoms with Crippen molar-refractivity contribution in [3.05, 3.63) is 60.2 Å². The summed E-state index contributed by atoms with van der Waals surface area (Å²) in [5.74, 6) is -2.52. The van der Waals surface area contributed by atoms with E-state index in [9.17, 15) is 30.0 Å². The number of benzene rings is 2. The quantitative estimate of drug-likeness (QED) is 0.173. The zero-order chi connectivity index (χ0) is 29.1. The van der Waals surface area contributed by atoms with Crippen LogP contribution < -0.4 is 10.6 Å². The molecule has 0 aliphatic carbocycles. The minimum Gasteiger partial charge on any atom is -0.477 e. The first-order valence-corrected chi connectivity index (χ1v) is 14.6. The molecule has 220 valence electrons. The molecule has 1 aliphatic heterocycles. The average molecular weight is 577 g/mol. The highest BCUT2D eigenvalue weighted by molar-refractivity contribution is 7.99. The second-order valence-electron chi connectivity index (χ2n) is 9.79. The number of aliphatic carboxylic acids is 1. The van der Waals surface area contributed by atoms with Crippen LogP contribution in [0.15, 0.2) is 54.6 Å². The third-order valence-corrected chi connectivity index (χ3v) is 7.70. The monoisotopic (exact) mass is 576 g/mol. The lowest BCUT2D eigenvalue weighted by Crippen LogP contribution is -2.68. The maximum atomic E-state index is 12.2. The molecule has 11 heteroatoms. The van der Waals surface area contributed by atoms with E-state index in [2.05, 4.69) is 10.6 Å². The molecule has 40 heavy (non-hydrogen) atoms. The first-order chi connectivity index (χ1) is 19.2. The molecule has 0 bridgehead atoms. The van der Waals surface area contributed by atoms with Gasteiger partial charge in [0.1, 0.15) is 12.2 Å². The SMILES string of the molecule is CCSCCCO[C@]1(C(=O)O)CC(O)[C@@H](NC(C)=O)[C@H]([C@H](O)[C@H](O)CNCc2ccc(-c3ccccc3)cc2)O1. The molecular formula is C29H40N2O8S. The molecule has 2 aromatic rings. The number of thioether (sulfide) groups is 1. The van der Waals surface area contributed by atoms with Crippen LogP contribution in [0.4, 0.5) is 0 Å². The lowest BCUT2D eigenvalue weighted by molar-refractivity contribution is -0.310. The normalized spacial score (nSPS) is 24.3. The van der Waals surface area contributed by atoms with E-state index in [4.69, 9.17) is 9.47 Å². The topological polar surface area (TPSA) is 158 Å². The summed E-state index contributed by atoms with van der Waals surface area (Å²) in [6, 6.07) is 16.7. The highest BCUT2D eigenvalue weighted by Gasteiger charge is 2.55. The third kappa shape index (κ3) is 8.74. The number of nitrogens with one attached hydrogen (secondary N) is 2. The van der Waals surface area contributed by atoms with Gasteiger partial charge in [-0.25, -0.2) is 4.79 Å². The van der Waals surface area contributed by atoms with Crippen molar-refractivity contribution in [2.45, 2.75) is 69.5 Å². The number of carboxylic acid groups (broad SMARTS) is 1. The summed E-state index contributed by atoms with van der Waals surface area (Å²) in [6.07, 6.45) is -5.78. The van der Waals surface area contributed by atoms with Gasteiger partial charge in [-0.2, -0.15) is 11.8 Å². The van der Waals surface area contributed by atoms with E-state index in [1.165, 1.54) is 6.92 Å². The van der Waals surface area contributed by atoms with Crippen molar-refractivity contribution in [3.63, 3.8) is 0 Å². The molecule has 0 spiro atoms. The Labute approximate surface area is 239 Å². The molecule has 2 aromatic carbocycles. The minimum atomic E-state index is -2.23. The van der Waals surface area contributed by atoms with E-state index in [1.807, 2.05) is 61.5 Å². The fourth-order valence-electron chi connectivity index (χ4n) is 4.64. The number of aliphatic hydroxyl groups is 3. The number of rotatable bonds is 15. The maximum absolute atomic E-state index is 12.2. The fraction of sp³-hybridized carbons (Fsp3) is 0.517. The molecule has 1 heterocycles. The van der Waals surface area contributed by atoms with Gasteiger partial charge in [0.25, 0.3) is 5.79 Å². The van der Waals surface area contributed by atoms with E-state index >= 15 is 0 Å². The standard InChI is InChI=1S/C29H40N2O8S/c1-3-40-15-7-14-38-29(28(36)37)16-23(33)25(31-19(2)32)27(39-29)26(35)24(34)18-30-17-20-10-12-22(13-11-20)21-8-5-4-6-9-21/h4-6,8-13,23-27,30,33-35H,3,7,14-18H2,1-2H3,(H,31,32)(H,36,37)/t23?,24-,25-,26-,27-,29-/m1/s1. The second kappa shape index (κ2) is 15.5. The van der Waals surface area contributed by atoms with Gasteiger partial charge in [0.2, 0.25) is 5.91 Å². The number of carbonyl (C=O) groups excluding carboxylic acids is 1. The number of hydrogen-bond acceptors (Lipinski definition) is 9. The predicted molar refractivity (Wildman–Crippen MR) is 153 cm³/mol. The molecule has 1 aliphatic rings. The molecular weight excluding hydrogens is 536 g/mol. The summed E-state index contributed by atoms with van der Waals surface area (Å²) >= 11 is 1.68. The van der Waals surface area contributed by atoms with Crippen molar-refractivity contribution in [2.24, 2.45) is 0 Å². The number of amides is 1. The largest absolute Gasteiger partial charge is 0.477 e. The van der Waals surface area contributed by atoms with Crippen LogP contribution in [0, 0.1) is 0 Å². The first-order valence-electron chi connectivity index (χ1n) is 13.5. The molecule has 0 aromatic heterocycles. The van der Waals surface area contributed by atoms with Crippen molar-refractivity contribution < 1.29 is 39.5 Å². The first kappa shape index (κ1) is 32.0. The van der Waals surface area contributed by atoms with Gasteiger partial charge in [0.15, 0.2) is 0 Å². The molecule has 0 saturated carbocycles. The zero-order valence-corrected chi connectivity index (χ0v) is 23.7. The molecule has 1 unspecified atom stereocenters.